The van der Waals surface area contributed by atoms with Crippen LogP contribution < -0.4 is 4.90 Å². The van der Waals surface area contributed by atoms with Crippen molar-refractivity contribution < 1.29 is 9.21 Å². The van der Waals surface area contributed by atoms with Gasteiger partial charge in [-0.15, -0.1) is 10.2 Å². The molecular formula is C23H23N7O2. The highest BCUT2D eigenvalue weighted by atomic mass is 16.4. The number of aryl methyl sites for hydroxylation is 1. The Morgan fingerprint density at radius 3 is 2.66 bits per heavy atom. The predicted molar refractivity (Wildman–Crippen MR) is 120 cm³/mol. The summed E-state index contributed by atoms with van der Waals surface area (Å²) < 4.78 is 5.49. The molecule has 0 bridgehead atoms. The van der Waals surface area contributed by atoms with Gasteiger partial charge in [-0.3, -0.25) is 14.8 Å². The first-order valence-electron chi connectivity index (χ1n) is 10.5. The van der Waals surface area contributed by atoms with Gasteiger partial charge in [-0.05, 0) is 31.3 Å². The van der Waals surface area contributed by atoms with Crippen molar-refractivity contribution in [1.82, 2.24) is 30.0 Å². The van der Waals surface area contributed by atoms with Crippen molar-refractivity contribution >= 4 is 22.5 Å². The molecule has 0 amide bonds. The van der Waals surface area contributed by atoms with Crippen LogP contribution in [0.15, 0.2) is 47.3 Å². The van der Waals surface area contributed by atoms with Crippen molar-refractivity contribution in [3.8, 4) is 11.5 Å². The van der Waals surface area contributed by atoms with E-state index in [2.05, 4.69) is 42.0 Å². The van der Waals surface area contributed by atoms with Gasteiger partial charge in [0.25, 0.3) is 0 Å². The second kappa shape index (κ2) is 8.43. The number of fused-ring (bicyclic) bond motifs is 1. The van der Waals surface area contributed by atoms with E-state index < -0.39 is 0 Å². The normalized spacial score (nSPS) is 14.8. The van der Waals surface area contributed by atoms with E-state index in [1.165, 1.54) is 0 Å². The lowest BCUT2D eigenvalue weighted by atomic mass is 10.1. The van der Waals surface area contributed by atoms with E-state index in [1.807, 2.05) is 18.2 Å². The van der Waals surface area contributed by atoms with Crippen LogP contribution in [0.25, 0.3) is 22.4 Å². The molecule has 9 nitrogen and oxygen atoms in total. The highest BCUT2D eigenvalue weighted by Gasteiger charge is 2.17. The smallest absolute Gasteiger partial charge is 0.249 e. The first-order chi connectivity index (χ1) is 15.5. The van der Waals surface area contributed by atoms with Gasteiger partial charge >= 0.3 is 0 Å². The summed E-state index contributed by atoms with van der Waals surface area (Å²) in [4.78, 5) is 30.8. The number of aromatic nitrogens is 5. The molecule has 32 heavy (non-hydrogen) atoms. The topological polar surface area (TPSA) is 101 Å². The second-order valence-corrected chi connectivity index (χ2v) is 8.01. The quantitative estimate of drug-likeness (QED) is 0.443. The van der Waals surface area contributed by atoms with Crippen molar-refractivity contribution in [3.63, 3.8) is 0 Å². The van der Waals surface area contributed by atoms with Gasteiger partial charge in [-0.1, -0.05) is 0 Å². The number of likely N-dealkylation sites (N-methyl/N-ethyl adjacent to an activating group) is 1. The Labute approximate surface area is 185 Å². The standard InChI is InChI=1S/C23H23N7O2/c1-15-27-28-23(32-15)18-9-17-10-19(25-14-20(17)26-13-18)12-21(31)16-3-4-24-22(11-16)30-7-5-29(2)6-8-30/h3-4,9-11,13-14H,5-8,12H2,1-2H3. The zero-order chi connectivity index (χ0) is 22.1. The molecule has 4 aromatic heterocycles. The highest BCUT2D eigenvalue weighted by molar-refractivity contribution is 5.98. The third-order valence-corrected chi connectivity index (χ3v) is 5.63. The molecule has 1 aliphatic heterocycles. The molecule has 4 aromatic rings. The molecule has 0 aromatic carbocycles. The Balaban J connectivity index is 1.36. The molecule has 0 aliphatic carbocycles. The molecule has 5 rings (SSSR count). The van der Waals surface area contributed by atoms with Crippen molar-refractivity contribution in [2.75, 3.05) is 38.1 Å². The van der Waals surface area contributed by atoms with Crippen LogP contribution in [0.2, 0.25) is 0 Å². The van der Waals surface area contributed by atoms with Gasteiger partial charge in [0.15, 0.2) is 5.78 Å². The molecular weight excluding hydrogens is 406 g/mol. The highest BCUT2D eigenvalue weighted by Crippen LogP contribution is 2.22. The van der Waals surface area contributed by atoms with Crippen molar-refractivity contribution in [1.29, 1.82) is 0 Å². The van der Waals surface area contributed by atoms with Crippen molar-refractivity contribution in [3.05, 3.63) is 60.0 Å². The molecule has 0 N–H and O–H groups in total. The summed E-state index contributed by atoms with van der Waals surface area (Å²) in [5, 5.41) is 8.78. The van der Waals surface area contributed by atoms with Gasteiger partial charge in [0, 0.05) is 62.1 Å². The average molecular weight is 429 g/mol. The summed E-state index contributed by atoms with van der Waals surface area (Å²) in [6.45, 7) is 5.53. The monoisotopic (exact) mass is 429 g/mol. The zero-order valence-electron chi connectivity index (χ0n) is 18.0. The molecule has 0 radical (unpaired) electrons. The number of Topliss-reactive ketones (excluding diaryl/α,β-unsaturated/α-hetero) is 1. The van der Waals surface area contributed by atoms with Crippen LogP contribution >= 0.6 is 0 Å². The van der Waals surface area contributed by atoms with Gasteiger partial charge in [0.1, 0.15) is 5.82 Å². The molecule has 9 heteroatoms. The maximum atomic E-state index is 13.0. The Bertz CT molecular complexity index is 1280. The molecule has 1 aliphatic rings. The van der Waals surface area contributed by atoms with Crippen LogP contribution in [0, 0.1) is 6.92 Å². The molecule has 1 saturated heterocycles. The Morgan fingerprint density at radius 1 is 1.03 bits per heavy atom. The third kappa shape index (κ3) is 4.19. The fourth-order valence-corrected chi connectivity index (χ4v) is 3.77. The number of rotatable bonds is 5. The van der Waals surface area contributed by atoms with E-state index >= 15 is 0 Å². The van der Waals surface area contributed by atoms with Gasteiger partial charge < -0.3 is 14.2 Å². The first-order valence-corrected chi connectivity index (χ1v) is 10.5. The number of nitrogens with zero attached hydrogens (tertiary/aromatic N) is 7. The molecule has 1 fully saturated rings. The van der Waals surface area contributed by atoms with Gasteiger partial charge in [-0.25, -0.2) is 4.98 Å². The van der Waals surface area contributed by atoms with Crippen LogP contribution in [0.1, 0.15) is 21.9 Å². The summed E-state index contributed by atoms with van der Waals surface area (Å²) in [6, 6.07) is 7.45. The van der Waals surface area contributed by atoms with Crippen molar-refractivity contribution in [2.45, 2.75) is 13.3 Å². The van der Waals surface area contributed by atoms with E-state index in [-0.39, 0.29) is 12.2 Å². The minimum Gasteiger partial charge on any atom is -0.421 e. The van der Waals surface area contributed by atoms with Crippen LogP contribution in [0.4, 0.5) is 5.82 Å². The maximum Gasteiger partial charge on any atom is 0.249 e. The Kier molecular flexibility index (Phi) is 5.32. The van der Waals surface area contributed by atoms with E-state index in [0.717, 1.165) is 48.5 Å². The fourth-order valence-electron chi connectivity index (χ4n) is 3.77. The fraction of sp³-hybridized carbons (Fsp3) is 0.304. The average Bonchev–Trinajstić information content (AvgIpc) is 3.25. The summed E-state index contributed by atoms with van der Waals surface area (Å²) in [5.74, 6) is 1.76. The lowest BCUT2D eigenvalue weighted by Gasteiger charge is -2.33. The first kappa shape index (κ1) is 20.2. The minimum absolute atomic E-state index is 0.00580. The van der Waals surface area contributed by atoms with E-state index in [0.29, 0.717) is 23.0 Å². The summed E-state index contributed by atoms with van der Waals surface area (Å²) in [7, 11) is 2.11. The van der Waals surface area contributed by atoms with Crippen LogP contribution in [-0.4, -0.2) is 69.1 Å². The molecule has 5 heterocycles. The van der Waals surface area contributed by atoms with Gasteiger partial charge in [0.2, 0.25) is 11.8 Å². The largest absolute Gasteiger partial charge is 0.421 e. The maximum absolute atomic E-state index is 13.0. The molecule has 0 unspecified atom stereocenters. The summed E-state index contributed by atoms with van der Waals surface area (Å²) in [6.07, 6.45) is 5.27. The van der Waals surface area contributed by atoms with Gasteiger partial charge in [0.05, 0.1) is 23.7 Å². The van der Waals surface area contributed by atoms with E-state index in [9.17, 15) is 4.79 Å². The number of ketones is 1. The third-order valence-electron chi connectivity index (χ3n) is 5.63. The summed E-state index contributed by atoms with van der Waals surface area (Å²) >= 11 is 0. The van der Waals surface area contributed by atoms with Crippen LogP contribution in [0.3, 0.4) is 0 Å². The van der Waals surface area contributed by atoms with Crippen molar-refractivity contribution in [2.24, 2.45) is 0 Å². The Hall–Kier alpha value is -3.72. The molecule has 0 spiro atoms. The number of anilines is 1. The number of piperazine rings is 1. The predicted octanol–water partition coefficient (Wildman–Crippen LogP) is 2.56. The molecule has 162 valence electrons. The van der Waals surface area contributed by atoms with E-state index in [1.54, 1.807) is 31.6 Å². The Morgan fingerprint density at radius 2 is 1.88 bits per heavy atom. The lowest BCUT2D eigenvalue weighted by Crippen LogP contribution is -2.44. The molecule has 0 saturated carbocycles. The van der Waals surface area contributed by atoms with Crippen LogP contribution in [-0.2, 0) is 6.42 Å². The minimum atomic E-state index is 0.00580. The molecule has 0 atom stereocenters. The number of carbonyl (C=O) groups excluding carboxylic acids is 1. The van der Waals surface area contributed by atoms with Gasteiger partial charge in [-0.2, -0.15) is 0 Å². The van der Waals surface area contributed by atoms with Crippen LogP contribution in [0.5, 0.6) is 0 Å². The SMILES string of the molecule is Cc1nnc(-c2cnc3cnc(CC(=O)c4ccnc(N5CCN(C)CC5)c4)cc3c2)o1. The summed E-state index contributed by atoms with van der Waals surface area (Å²) in [5.41, 5.74) is 2.79. The lowest BCUT2D eigenvalue weighted by molar-refractivity contribution is 0.0992. The van der Waals surface area contributed by atoms with E-state index in [4.69, 9.17) is 4.42 Å². The number of hydrogen-bond acceptors (Lipinski definition) is 9. The zero-order valence-corrected chi connectivity index (χ0v) is 18.0. The second-order valence-electron chi connectivity index (χ2n) is 8.01. The number of carbonyl (C=O) groups is 1. The number of pyridine rings is 3. The number of hydrogen-bond donors (Lipinski definition) is 0.